The molecule has 0 saturated carbocycles. The first-order valence-electron chi connectivity index (χ1n) is 10.9. The smallest absolute Gasteiger partial charge is 0.191 e. The summed E-state index contributed by atoms with van der Waals surface area (Å²) in [7, 11) is 0. The fraction of sp³-hybridized carbons (Fsp3) is 0.636. The van der Waals surface area contributed by atoms with Crippen molar-refractivity contribution in [1.82, 2.24) is 25.5 Å². The van der Waals surface area contributed by atoms with E-state index in [0.29, 0.717) is 12.0 Å². The lowest BCUT2D eigenvalue weighted by Gasteiger charge is -2.34. The van der Waals surface area contributed by atoms with Crippen molar-refractivity contribution < 1.29 is 4.74 Å². The Hall–Kier alpha value is -2.12. The highest BCUT2D eigenvalue weighted by Gasteiger charge is 2.21. The minimum Gasteiger partial charge on any atom is -0.379 e. The molecule has 29 heavy (non-hydrogen) atoms. The summed E-state index contributed by atoms with van der Waals surface area (Å²) in [6.07, 6.45) is 1.99. The molecule has 7 nitrogen and oxygen atoms in total. The van der Waals surface area contributed by atoms with Crippen molar-refractivity contribution in [1.29, 1.82) is 0 Å². The van der Waals surface area contributed by atoms with E-state index in [1.807, 2.05) is 18.2 Å². The maximum Gasteiger partial charge on any atom is 0.191 e. The van der Waals surface area contributed by atoms with Crippen molar-refractivity contribution in [2.24, 2.45) is 10.9 Å². The molecule has 2 heterocycles. The number of para-hydroxylation sites is 2. The normalized spacial score (nSPS) is 17.0. The number of hydrogen-bond donors (Lipinski definition) is 3. The largest absolute Gasteiger partial charge is 0.379 e. The van der Waals surface area contributed by atoms with E-state index < -0.39 is 0 Å². The molecule has 160 valence electrons. The minimum absolute atomic E-state index is 0.463. The van der Waals surface area contributed by atoms with Crippen molar-refractivity contribution in [2.75, 3.05) is 45.9 Å². The molecule has 2 aromatic rings. The Morgan fingerprint density at radius 1 is 1.24 bits per heavy atom. The third-order valence-corrected chi connectivity index (χ3v) is 5.20. The summed E-state index contributed by atoms with van der Waals surface area (Å²) in [4.78, 5) is 15.5. The van der Waals surface area contributed by atoms with Gasteiger partial charge in [-0.1, -0.05) is 26.0 Å². The van der Waals surface area contributed by atoms with E-state index in [0.717, 1.165) is 81.6 Å². The van der Waals surface area contributed by atoms with Gasteiger partial charge in [0.05, 0.1) is 30.8 Å². The third-order valence-electron chi connectivity index (χ3n) is 5.20. The number of ether oxygens (including phenoxy) is 1. The van der Waals surface area contributed by atoms with E-state index >= 15 is 0 Å². The molecule has 0 radical (unpaired) electrons. The Labute approximate surface area is 174 Å². The number of aromatic amines is 1. The molecule has 3 N–H and O–H groups in total. The van der Waals surface area contributed by atoms with Gasteiger partial charge in [-0.3, -0.25) is 9.89 Å². The van der Waals surface area contributed by atoms with Crippen LogP contribution in [-0.4, -0.2) is 72.8 Å². The molecule has 1 aromatic heterocycles. The highest BCUT2D eigenvalue weighted by molar-refractivity contribution is 5.79. The van der Waals surface area contributed by atoms with Gasteiger partial charge >= 0.3 is 0 Å². The van der Waals surface area contributed by atoms with Crippen LogP contribution in [0.2, 0.25) is 0 Å². The predicted molar refractivity (Wildman–Crippen MR) is 119 cm³/mol. The highest BCUT2D eigenvalue weighted by atomic mass is 16.5. The summed E-state index contributed by atoms with van der Waals surface area (Å²) < 4.78 is 5.52. The number of imidazole rings is 1. The molecule has 1 saturated heterocycles. The second-order valence-electron chi connectivity index (χ2n) is 8.03. The van der Waals surface area contributed by atoms with Crippen molar-refractivity contribution in [3.8, 4) is 0 Å². The zero-order valence-electron chi connectivity index (χ0n) is 18.1. The number of hydrogen-bond acceptors (Lipinski definition) is 4. The number of nitrogens with one attached hydrogen (secondary N) is 3. The third kappa shape index (κ3) is 6.72. The van der Waals surface area contributed by atoms with E-state index in [-0.39, 0.29) is 0 Å². The fourth-order valence-corrected chi connectivity index (χ4v) is 3.79. The van der Waals surface area contributed by atoms with E-state index in [9.17, 15) is 0 Å². The summed E-state index contributed by atoms with van der Waals surface area (Å²) in [5, 5.41) is 6.83. The molecular formula is C22H36N6O. The fourth-order valence-electron chi connectivity index (χ4n) is 3.79. The van der Waals surface area contributed by atoms with Gasteiger partial charge in [-0.2, -0.15) is 0 Å². The van der Waals surface area contributed by atoms with Crippen LogP contribution in [0.25, 0.3) is 11.0 Å². The Morgan fingerprint density at radius 3 is 2.76 bits per heavy atom. The number of aromatic nitrogens is 2. The first kappa shape index (κ1) is 21.6. The summed E-state index contributed by atoms with van der Waals surface area (Å²) >= 11 is 0. The first-order chi connectivity index (χ1) is 14.2. The average Bonchev–Trinajstić information content (AvgIpc) is 3.14. The van der Waals surface area contributed by atoms with Crippen LogP contribution in [0.5, 0.6) is 0 Å². The molecule has 1 unspecified atom stereocenters. The summed E-state index contributed by atoms with van der Waals surface area (Å²) in [5.41, 5.74) is 2.11. The molecule has 3 rings (SSSR count). The Morgan fingerprint density at radius 2 is 2.03 bits per heavy atom. The van der Waals surface area contributed by atoms with Crippen molar-refractivity contribution >= 4 is 17.0 Å². The molecular weight excluding hydrogens is 364 g/mol. The van der Waals surface area contributed by atoms with Gasteiger partial charge in [-0.25, -0.2) is 4.98 Å². The number of H-pyrrole nitrogens is 1. The standard InChI is InChI=1S/C22H36N6O/c1-4-23-22(24-10-9-21-26-19-7-5-6-8-20(19)27-21)25-16-18(15-17(2)3)28-11-13-29-14-12-28/h5-8,17-18H,4,9-16H2,1-3H3,(H,26,27)(H2,23,24,25). The topological polar surface area (TPSA) is 77.6 Å². The van der Waals surface area contributed by atoms with Crippen LogP contribution in [0.4, 0.5) is 0 Å². The van der Waals surface area contributed by atoms with Crippen LogP contribution >= 0.6 is 0 Å². The lowest BCUT2D eigenvalue weighted by molar-refractivity contribution is 0.0143. The van der Waals surface area contributed by atoms with Crippen LogP contribution in [-0.2, 0) is 11.2 Å². The van der Waals surface area contributed by atoms with Gasteiger partial charge in [0.15, 0.2) is 5.96 Å². The predicted octanol–water partition coefficient (Wildman–Crippen LogP) is 2.41. The van der Waals surface area contributed by atoms with Gasteiger partial charge in [0.2, 0.25) is 0 Å². The average molecular weight is 401 g/mol. The van der Waals surface area contributed by atoms with E-state index in [1.165, 1.54) is 0 Å². The molecule has 0 bridgehead atoms. The van der Waals surface area contributed by atoms with Gasteiger partial charge in [0.1, 0.15) is 5.82 Å². The molecule has 7 heteroatoms. The number of morpholine rings is 1. The van der Waals surface area contributed by atoms with Crippen LogP contribution in [0.3, 0.4) is 0 Å². The molecule has 1 aliphatic heterocycles. The number of aliphatic imine (C=N–C) groups is 1. The summed E-state index contributed by atoms with van der Waals surface area (Å²) in [6.45, 7) is 12.8. The van der Waals surface area contributed by atoms with Gasteiger partial charge < -0.3 is 20.4 Å². The van der Waals surface area contributed by atoms with Crippen molar-refractivity contribution in [3.63, 3.8) is 0 Å². The Balaban J connectivity index is 1.55. The highest BCUT2D eigenvalue weighted by Crippen LogP contribution is 2.14. The quantitative estimate of drug-likeness (QED) is 0.445. The number of nitrogens with zero attached hydrogens (tertiary/aromatic N) is 3. The summed E-state index contributed by atoms with van der Waals surface area (Å²) in [6, 6.07) is 8.61. The molecule has 1 aliphatic rings. The number of fused-ring (bicyclic) bond motifs is 1. The Kier molecular flexibility index (Phi) is 8.31. The maximum atomic E-state index is 5.52. The second kappa shape index (κ2) is 11.2. The lowest BCUT2D eigenvalue weighted by Crippen LogP contribution is -2.46. The molecule has 0 aliphatic carbocycles. The van der Waals surface area contributed by atoms with Crippen molar-refractivity contribution in [3.05, 3.63) is 30.1 Å². The van der Waals surface area contributed by atoms with Gasteiger partial charge in [-0.15, -0.1) is 0 Å². The minimum atomic E-state index is 0.463. The summed E-state index contributed by atoms with van der Waals surface area (Å²) in [5.74, 6) is 2.54. The number of benzene rings is 1. The van der Waals surface area contributed by atoms with Crippen LogP contribution in [0, 0.1) is 5.92 Å². The van der Waals surface area contributed by atoms with Gasteiger partial charge in [0, 0.05) is 38.6 Å². The van der Waals surface area contributed by atoms with Crippen molar-refractivity contribution in [2.45, 2.75) is 39.7 Å². The molecule has 0 spiro atoms. The second-order valence-corrected chi connectivity index (χ2v) is 8.03. The number of guanidine groups is 1. The van der Waals surface area contributed by atoms with Crippen LogP contribution in [0.15, 0.2) is 29.3 Å². The van der Waals surface area contributed by atoms with E-state index in [4.69, 9.17) is 9.73 Å². The van der Waals surface area contributed by atoms with E-state index in [2.05, 4.69) is 52.3 Å². The van der Waals surface area contributed by atoms with Crippen LogP contribution in [0.1, 0.15) is 33.0 Å². The lowest BCUT2D eigenvalue weighted by atomic mass is 10.0. The molecule has 1 aromatic carbocycles. The van der Waals surface area contributed by atoms with E-state index in [1.54, 1.807) is 0 Å². The first-order valence-corrected chi connectivity index (χ1v) is 10.9. The van der Waals surface area contributed by atoms with Gasteiger partial charge in [-0.05, 0) is 31.4 Å². The van der Waals surface area contributed by atoms with Gasteiger partial charge in [0.25, 0.3) is 0 Å². The SMILES string of the molecule is CCNC(=NCC(CC(C)C)N1CCOCC1)NCCc1nc2ccccc2[nH]1. The monoisotopic (exact) mass is 400 g/mol. The zero-order chi connectivity index (χ0) is 20.5. The number of rotatable bonds is 9. The zero-order valence-corrected chi connectivity index (χ0v) is 18.1. The maximum absolute atomic E-state index is 5.52. The molecule has 1 fully saturated rings. The Bertz CT molecular complexity index is 733. The molecule has 0 amide bonds. The molecule has 1 atom stereocenters. The van der Waals surface area contributed by atoms with Crippen LogP contribution < -0.4 is 10.6 Å².